The van der Waals surface area contributed by atoms with Gasteiger partial charge >= 0.3 is 0 Å². The van der Waals surface area contributed by atoms with Gasteiger partial charge in [0.2, 0.25) is 5.88 Å². The zero-order valence-corrected chi connectivity index (χ0v) is 16.4. The second-order valence-electron chi connectivity index (χ2n) is 6.44. The van der Waals surface area contributed by atoms with E-state index in [0.29, 0.717) is 34.4 Å². The zero-order chi connectivity index (χ0) is 20.9. The van der Waals surface area contributed by atoms with Crippen LogP contribution in [0.2, 0.25) is 0 Å². The van der Waals surface area contributed by atoms with Crippen LogP contribution in [0.15, 0.2) is 72.9 Å². The second kappa shape index (κ2) is 8.44. The van der Waals surface area contributed by atoms with Crippen molar-refractivity contribution in [2.75, 3.05) is 12.4 Å². The Balaban J connectivity index is 1.39. The van der Waals surface area contributed by atoms with Gasteiger partial charge in [-0.1, -0.05) is 6.07 Å². The highest BCUT2D eigenvalue weighted by Gasteiger charge is 2.08. The fourth-order valence-electron chi connectivity index (χ4n) is 2.73. The van der Waals surface area contributed by atoms with Crippen LogP contribution < -0.4 is 14.8 Å². The van der Waals surface area contributed by atoms with Crippen molar-refractivity contribution in [3.63, 3.8) is 0 Å². The summed E-state index contributed by atoms with van der Waals surface area (Å²) in [6.45, 7) is 1.91. The van der Waals surface area contributed by atoms with Crippen molar-refractivity contribution in [2.45, 2.75) is 6.92 Å². The number of rotatable bonds is 6. The summed E-state index contributed by atoms with van der Waals surface area (Å²) in [4.78, 5) is 12.4. The molecule has 8 nitrogen and oxygen atoms in total. The number of aryl methyl sites for hydroxylation is 1. The number of nitrogens with one attached hydrogen (secondary N) is 1. The number of carbonyl (C=O) groups excluding carboxylic acids is 1. The van der Waals surface area contributed by atoms with Crippen molar-refractivity contribution < 1.29 is 14.3 Å². The predicted octanol–water partition coefficient (Wildman–Crippen LogP) is 4.02. The Morgan fingerprint density at radius 2 is 1.80 bits per heavy atom. The Morgan fingerprint density at radius 1 is 0.967 bits per heavy atom. The number of nitrogens with zero attached hydrogens (tertiary/aromatic N) is 4. The van der Waals surface area contributed by atoms with Gasteiger partial charge in [0, 0.05) is 23.5 Å². The molecule has 30 heavy (non-hydrogen) atoms. The minimum absolute atomic E-state index is 0.224. The number of methoxy groups -OCH3 is 1. The van der Waals surface area contributed by atoms with Crippen LogP contribution in [0.4, 0.5) is 5.69 Å². The topological polar surface area (TPSA) is 91.2 Å². The molecule has 0 saturated carbocycles. The molecule has 2 aromatic carbocycles. The first-order chi connectivity index (χ1) is 14.6. The summed E-state index contributed by atoms with van der Waals surface area (Å²) in [5.41, 5.74) is 2.05. The molecule has 0 unspecified atom stereocenters. The number of benzene rings is 2. The molecule has 8 heteroatoms. The standard InChI is InChI=1S/C22H19N5O3/c1-15-12-13-27(26-15)20-10-11-21(25-24-20)30-18-8-6-17(7-9-18)23-22(28)16-4-3-5-19(14-16)29-2/h3-14H,1-2H3,(H,23,28). The van der Waals surface area contributed by atoms with Crippen molar-refractivity contribution in [3.05, 3.63) is 84.2 Å². The van der Waals surface area contributed by atoms with E-state index in [1.807, 2.05) is 19.2 Å². The number of aromatic nitrogens is 4. The average molecular weight is 401 g/mol. The van der Waals surface area contributed by atoms with Crippen LogP contribution in [0.1, 0.15) is 16.1 Å². The quantitative estimate of drug-likeness (QED) is 0.525. The highest BCUT2D eigenvalue weighted by Crippen LogP contribution is 2.22. The Kier molecular flexibility index (Phi) is 5.38. The Labute approximate surface area is 173 Å². The minimum Gasteiger partial charge on any atom is -0.497 e. The summed E-state index contributed by atoms with van der Waals surface area (Å²) in [7, 11) is 1.56. The van der Waals surface area contributed by atoms with E-state index in [0.717, 1.165) is 5.69 Å². The summed E-state index contributed by atoms with van der Waals surface area (Å²) in [5.74, 6) is 1.94. The van der Waals surface area contributed by atoms with Crippen molar-refractivity contribution in [1.29, 1.82) is 0 Å². The van der Waals surface area contributed by atoms with Crippen molar-refractivity contribution in [3.8, 4) is 23.2 Å². The monoisotopic (exact) mass is 401 g/mol. The molecule has 150 valence electrons. The third-order valence-corrected chi connectivity index (χ3v) is 4.25. The van der Waals surface area contributed by atoms with Crippen molar-refractivity contribution in [1.82, 2.24) is 20.0 Å². The van der Waals surface area contributed by atoms with Crippen LogP contribution >= 0.6 is 0 Å². The van der Waals surface area contributed by atoms with Crippen LogP contribution in [0, 0.1) is 6.92 Å². The molecule has 0 radical (unpaired) electrons. The molecule has 1 N–H and O–H groups in total. The average Bonchev–Trinajstić information content (AvgIpc) is 3.22. The van der Waals surface area contributed by atoms with Crippen LogP contribution in [-0.4, -0.2) is 33.0 Å². The van der Waals surface area contributed by atoms with E-state index < -0.39 is 0 Å². The lowest BCUT2D eigenvalue weighted by Crippen LogP contribution is -2.11. The molecular formula is C22H19N5O3. The van der Waals surface area contributed by atoms with Crippen molar-refractivity contribution in [2.24, 2.45) is 0 Å². The van der Waals surface area contributed by atoms with E-state index in [4.69, 9.17) is 9.47 Å². The van der Waals surface area contributed by atoms with Gasteiger partial charge in [-0.15, -0.1) is 10.2 Å². The van der Waals surface area contributed by atoms with Crippen LogP contribution in [0.3, 0.4) is 0 Å². The molecule has 0 atom stereocenters. The molecule has 0 aliphatic carbocycles. The summed E-state index contributed by atoms with van der Waals surface area (Å²) < 4.78 is 12.5. The molecule has 0 saturated heterocycles. The van der Waals surface area contributed by atoms with E-state index in [1.165, 1.54) is 0 Å². The minimum atomic E-state index is -0.224. The van der Waals surface area contributed by atoms with E-state index in [9.17, 15) is 4.79 Å². The van der Waals surface area contributed by atoms with E-state index in [2.05, 4.69) is 20.6 Å². The predicted molar refractivity (Wildman–Crippen MR) is 111 cm³/mol. The number of anilines is 1. The molecule has 0 aliphatic rings. The molecule has 2 aromatic heterocycles. The summed E-state index contributed by atoms with van der Waals surface area (Å²) in [6, 6.07) is 19.3. The lowest BCUT2D eigenvalue weighted by Gasteiger charge is -2.08. The van der Waals surface area contributed by atoms with Crippen LogP contribution in [-0.2, 0) is 0 Å². The zero-order valence-electron chi connectivity index (χ0n) is 16.4. The first-order valence-corrected chi connectivity index (χ1v) is 9.20. The van der Waals surface area contributed by atoms with E-state index >= 15 is 0 Å². The molecule has 4 aromatic rings. The fourth-order valence-corrected chi connectivity index (χ4v) is 2.73. The molecule has 2 heterocycles. The third kappa shape index (κ3) is 4.44. The van der Waals surface area contributed by atoms with Crippen LogP contribution in [0.25, 0.3) is 5.82 Å². The highest BCUT2D eigenvalue weighted by molar-refractivity contribution is 6.04. The van der Waals surface area contributed by atoms with Gasteiger partial charge < -0.3 is 14.8 Å². The summed E-state index contributed by atoms with van der Waals surface area (Å²) >= 11 is 0. The molecular weight excluding hydrogens is 382 g/mol. The number of hydrogen-bond acceptors (Lipinski definition) is 6. The normalized spacial score (nSPS) is 10.5. The SMILES string of the molecule is COc1cccc(C(=O)Nc2ccc(Oc3ccc(-n4ccc(C)n4)nn3)cc2)c1. The maximum absolute atomic E-state index is 12.4. The van der Waals surface area contributed by atoms with Gasteiger partial charge in [-0.25, -0.2) is 4.68 Å². The van der Waals surface area contributed by atoms with Crippen molar-refractivity contribution >= 4 is 11.6 Å². The lowest BCUT2D eigenvalue weighted by molar-refractivity contribution is 0.102. The van der Waals surface area contributed by atoms with Gasteiger partial charge in [0.1, 0.15) is 11.5 Å². The molecule has 0 aliphatic heterocycles. The van der Waals surface area contributed by atoms with Gasteiger partial charge in [0.25, 0.3) is 5.91 Å². The number of hydrogen-bond donors (Lipinski definition) is 1. The smallest absolute Gasteiger partial charge is 0.255 e. The summed E-state index contributed by atoms with van der Waals surface area (Å²) in [6.07, 6.45) is 1.82. The molecule has 0 spiro atoms. The maximum atomic E-state index is 12.4. The molecule has 0 bridgehead atoms. The van der Waals surface area contributed by atoms with E-state index in [1.54, 1.807) is 72.5 Å². The van der Waals surface area contributed by atoms with Gasteiger partial charge in [-0.3, -0.25) is 4.79 Å². The Hall–Kier alpha value is -4.20. The second-order valence-corrected chi connectivity index (χ2v) is 6.44. The summed E-state index contributed by atoms with van der Waals surface area (Å²) in [5, 5.41) is 15.3. The molecule has 0 fully saturated rings. The molecule has 4 rings (SSSR count). The van der Waals surface area contributed by atoms with Gasteiger partial charge in [0.15, 0.2) is 5.82 Å². The highest BCUT2D eigenvalue weighted by atomic mass is 16.5. The van der Waals surface area contributed by atoms with Crippen LogP contribution in [0.5, 0.6) is 17.4 Å². The third-order valence-electron chi connectivity index (χ3n) is 4.25. The Morgan fingerprint density at radius 3 is 2.47 bits per heavy atom. The first kappa shape index (κ1) is 19.1. The number of amides is 1. The van der Waals surface area contributed by atoms with Gasteiger partial charge in [0.05, 0.1) is 12.8 Å². The first-order valence-electron chi connectivity index (χ1n) is 9.20. The number of carbonyl (C=O) groups is 1. The Bertz CT molecular complexity index is 1150. The van der Waals surface area contributed by atoms with E-state index in [-0.39, 0.29) is 5.91 Å². The molecule has 1 amide bonds. The lowest BCUT2D eigenvalue weighted by atomic mass is 10.2. The maximum Gasteiger partial charge on any atom is 0.255 e. The van der Waals surface area contributed by atoms with Gasteiger partial charge in [-0.05, 0) is 61.5 Å². The number of ether oxygens (including phenoxy) is 2. The van der Waals surface area contributed by atoms with Gasteiger partial charge in [-0.2, -0.15) is 5.10 Å². The fraction of sp³-hybridized carbons (Fsp3) is 0.0909. The largest absolute Gasteiger partial charge is 0.497 e.